The number of hydrogen-bond acceptors (Lipinski definition) is 6. The maximum absolute atomic E-state index is 12.8. The van der Waals surface area contributed by atoms with Crippen LogP contribution < -0.4 is 16.0 Å². The molecule has 5 fully saturated rings. The third-order valence-corrected chi connectivity index (χ3v) is 8.88. The van der Waals surface area contributed by atoms with Gasteiger partial charge in [-0.2, -0.15) is 18.4 Å². The summed E-state index contributed by atoms with van der Waals surface area (Å²) in [4.78, 5) is 25.6. The molecule has 6 rings (SSSR count). The average molecular weight is 504 g/mol. The van der Waals surface area contributed by atoms with Gasteiger partial charge in [0.15, 0.2) is 6.19 Å². The molecule has 11 heteroatoms. The summed E-state index contributed by atoms with van der Waals surface area (Å²) in [5.74, 6) is 2.16. The monoisotopic (exact) mass is 503 g/mol. The third kappa shape index (κ3) is 4.51. The topological polar surface area (TPSA) is 111 Å². The molecule has 1 aromatic heterocycles. The van der Waals surface area contributed by atoms with Crippen molar-refractivity contribution in [2.75, 3.05) is 31.1 Å². The quantitative estimate of drug-likeness (QED) is 0.277. The second-order valence-corrected chi connectivity index (χ2v) is 11.0. The maximum Gasteiger partial charge on any atom is 0.417 e. The molecule has 8 nitrogen and oxygen atoms in total. The van der Waals surface area contributed by atoms with Crippen molar-refractivity contribution < 1.29 is 18.0 Å². The molecule has 4 bridgehead atoms. The van der Waals surface area contributed by atoms with Crippen LogP contribution in [-0.2, 0) is 11.0 Å². The van der Waals surface area contributed by atoms with Gasteiger partial charge in [-0.15, -0.1) is 0 Å². The van der Waals surface area contributed by atoms with E-state index in [4.69, 9.17) is 10.7 Å². The molecule has 1 aliphatic heterocycles. The summed E-state index contributed by atoms with van der Waals surface area (Å²) in [6, 6.07) is 2.45. The molecule has 0 aromatic carbocycles. The van der Waals surface area contributed by atoms with Crippen LogP contribution >= 0.6 is 0 Å². The number of piperazine rings is 1. The number of primary amides is 1. The Morgan fingerprint density at radius 1 is 1.22 bits per heavy atom. The second kappa shape index (κ2) is 9.21. The number of amides is 1. The summed E-state index contributed by atoms with van der Waals surface area (Å²) < 4.78 is 38.5. The van der Waals surface area contributed by atoms with Crippen LogP contribution in [0.1, 0.15) is 44.6 Å². The number of pyridine rings is 1. The highest BCUT2D eigenvalue weighted by atomic mass is 19.4. The van der Waals surface area contributed by atoms with Crippen molar-refractivity contribution in [3.8, 4) is 6.19 Å². The lowest BCUT2D eigenvalue weighted by Crippen LogP contribution is -2.58. The number of rotatable bonds is 5. The lowest BCUT2D eigenvalue weighted by Gasteiger charge is -2.57. The molecule has 3 atom stereocenters. The molecule has 4 saturated carbocycles. The fraction of sp³-hybridized carbons (Fsp3) is 0.680. The van der Waals surface area contributed by atoms with E-state index >= 15 is 0 Å². The smallest absolute Gasteiger partial charge is 0.369 e. The number of carbonyl (C=O) groups is 1. The van der Waals surface area contributed by atoms with Crippen LogP contribution in [0.2, 0.25) is 0 Å². The van der Waals surface area contributed by atoms with Crippen molar-refractivity contribution in [3.05, 3.63) is 23.9 Å². The number of anilines is 1. The lowest BCUT2D eigenvalue weighted by molar-refractivity contribution is -0.144. The van der Waals surface area contributed by atoms with Crippen molar-refractivity contribution in [2.24, 2.45) is 33.9 Å². The van der Waals surface area contributed by atoms with Gasteiger partial charge in [-0.25, -0.2) is 4.98 Å². The Morgan fingerprint density at radius 3 is 2.42 bits per heavy atom. The number of amidine groups is 1. The van der Waals surface area contributed by atoms with Crippen LogP contribution in [0.25, 0.3) is 0 Å². The Balaban J connectivity index is 1.25. The van der Waals surface area contributed by atoms with Gasteiger partial charge in [0, 0.05) is 37.8 Å². The van der Waals surface area contributed by atoms with Gasteiger partial charge in [0.1, 0.15) is 11.7 Å². The summed E-state index contributed by atoms with van der Waals surface area (Å²) in [7, 11) is 0. The van der Waals surface area contributed by atoms with Gasteiger partial charge in [-0.05, 0) is 68.9 Å². The average Bonchev–Trinajstić information content (AvgIpc) is 2.84. The molecule has 194 valence electrons. The van der Waals surface area contributed by atoms with Crippen LogP contribution in [-0.4, -0.2) is 59.9 Å². The first-order valence-electron chi connectivity index (χ1n) is 12.6. The summed E-state index contributed by atoms with van der Waals surface area (Å²) in [5, 5.41) is 12.3. The summed E-state index contributed by atoms with van der Waals surface area (Å²) >= 11 is 0. The number of nitrogens with two attached hydrogens (primary N) is 1. The molecule has 2 heterocycles. The fourth-order valence-corrected chi connectivity index (χ4v) is 7.22. The number of aromatic nitrogens is 1. The zero-order chi connectivity index (χ0) is 25.7. The normalized spacial score (nSPS) is 33.3. The van der Waals surface area contributed by atoms with Gasteiger partial charge in [-0.1, -0.05) is 0 Å². The minimum absolute atomic E-state index is 0.0879. The van der Waals surface area contributed by atoms with E-state index in [0.717, 1.165) is 44.4 Å². The number of nitrogens with one attached hydrogen (secondary N) is 1. The Bertz CT molecular complexity index is 1040. The first-order chi connectivity index (χ1) is 17.1. The van der Waals surface area contributed by atoms with E-state index in [0.29, 0.717) is 55.6 Å². The Labute approximate surface area is 208 Å². The Morgan fingerprint density at radius 2 is 1.89 bits per heavy atom. The zero-order valence-corrected chi connectivity index (χ0v) is 20.3. The summed E-state index contributed by atoms with van der Waals surface area (Å²) in [5.41, 5.74) is 4.68. The highest BCUT2D eigenvalue weighted by molar-refractivity contribution is 5.88. The molecular weight excluding hydrogens is 471 g/mol. The standard InChI is InChI=1S/C25H32F3N7O/c1-15(34-4-6-35(7-5-34)20-3-2-19(13-31-20)25(26,27)28)22(32-14-29)33-21-17-8-16-9-18(21)12-24(10-16,11-17)23(30)36/h2-3,13,15-18,21H,4-12H2,1H3,(H2,30,36)(H,32,33). The maximum atomic E-state index is 12.8. The first kappa shape index (κ1) is 24.8. The van der Waals surface area contributed by atoms with Crippen molar-refractivity contribution in [1.82, 2.24) is 15.2 Å². The Kier molecular flexibility index (Phi) is 6.35. The van der Waals surface area contributed by atoms with Crippen LogP contribution in [0.5, 0.6) is 0 Å². The number of carbonyl (C=O) groups excluding carboxylic acids is 1. The van der Waals surface area contributed by atoms with Crippen molar-refractivity contribution in [3.63, 3.8) is 0 Å². The van der Waals surface area contributed by atoms with E-state index in [1.807, 2.05) is 18.0 Å². The zero-order valence-electron chi connectivity index (χ0n) is 20.3. The van der Waals surface area contributed by atoms with Gasteiger partial charge in [0.05, 0.1) is 17.6 Å². The fourth-order valence-electron chi connectivity index (χ4n) is 7.22. The molecule has 0 radical (unpaired) electrons. The number of aliphatic imine (C=N–C) groups is 1. The van der Waals surface area contributed by atoms with Crippen LogP contribution in [0.15, 0.2) is 23.3 Å². The van der Waals surface area contributed by atoms with Gasteiger partial charge in [0.2, 0.25) is 5.91 Å². The van der Waals surface area contributed by atoms with Crippen LogP contribution in [0.4, 0.5) is 19.0 Å². The lowest BCUT2D eigenvalue weighted by atomic mass is 9.48. The predicted octanol–water partition coefficient (Wildman–Crippen LogP) is 2.76. The van der Waals surface area contributed by atoms with Crippen molar-refractivity contribution in [1.29, 1.82) is 5.26 Å². The SMILES string of the molecule is CC(C(=NC1C2CC3CC1CC(C(N)=O)(C3)C2)NC#N)N1CCN(c2ccc(C(F)(F)F)cn2)CC1. The van der Waals surface area contributed by atoms with Gasteiger partial charge >= 0.3 is 6.18 Å². The van der Waals surface area contributed by atoms with Crippen molar-refractivity contribution >= 4 is 17.6 Å². The van der Waals surface area contributed by atoms with E-state index in [2.05, 4.69) is 15.2 Å². The van der Waals surface area contributed by atoms with E-state index in [1.165, 1.54) is 6.07 Å². The molecule has 0 spiro atoms. The molecule has 1 amide bonds. The summed E-state index contributed by atoms with van der Waals surface area (Å²) in [6.07, 6.45) is 3.12. The summed E-state index contributed by atoms with van der Waals surface area (Å²) in [6.45, 7) is 4.58. The van der Waals surface area contributed by atoms with Crippen molar-refractivity contribution in [2.45, 2.75) is 57.3 Å². The highest BCUT2D eigenvalue weighted by Crippen LogP contribution is 2.60. The van der Waals surface area contributed by atoms with E-state index in [1.54, 1.807) is 0 Å². The number of alkyl halides is 3. The molecule has 3 unspecified atom stereocenters. The van der Waals surface area contributed by atoms with E-state index in [9.17, 15) is 23.2 Å². The van der Waals surface area contributed by atoms with Gasteiger partial charge in [0.25, 0.3) is 0 Å². The van der Waals surface area contributed by atoms with E-state index < -0.39 is 11.7 Å². The van der Waals surface area contributed by atoms with Crippen LogP contribution in [0.3, 0.4) is 0 Å². The molecule has 36 heavy (non-hydrogen) atoms. The number of nitriles is 1. The number of hydrogen-bond donors (Lipinski definition) is 2. The van der Waals surface area contributed by atoms with Crippen LogP contribution in [0, 0.1) is 34.6 Å². The highest BCUT2D eigenvalue weighted by Gasteiger charge is 2.58. The first-order valence-corrected chi connectivity index (χ1v) is 12.6. The predicted molar refractivity (Wildman–Crippen MR) is 128 cm³/mol. The largest absolute Gasteiger partial charge is 0.417 e. The molecule has 1 aromatic rings. The number of nitrogens with zero attached hydrogens (tertiary/aromatic N) is 5. The molecular formula is C25H32F3N7O. The molecule has 1 saturated heterocycles. The van der Waals surface area contributed by atoms with E-state index in [-0.39, 0.29) is 23.4 Å². The van der Waals surface area contributed by atoms with Gasteiger partial charge < -0.3 is 10.6 Å². The number of halogens is 3. The Hall–Kier alpha value is -2.87. The second-order valence-electron chi connectivity index (χ2n) is 11.0. The molecule has 5 aliphatic rings. The molecule has 3 N–H and O–H groups in total. The minimum atomic E-state index is -4.40. The third-order valence-electron chi connectivity index (χ3n) is 8.88. The minimum Gasteiger partial charge on any atom is -0.369 e. The van der Waals surface area contributed by atoms with Gasteiger partial charge in [-0.3, -0.25) is 20.0 Å². The molecule has 4 aliphatic carbocycles.